The molecule has 0 aromatic heterocycles. The fraction of sp³-hybridized carbons (Fsp3) is 0.625. The molecule has 0 fully saturated rings. The molecule has 0 aliphatic heterocycles. The van der Waals surface area contributed by atoms with Crippen LogP contribution in [-0.2, 0) is 6.42 Å². The molecule has 1 rings (SSSR count). The summed E-state index contributed by atoms with van der Waals surface area (Å²) in [7, 11) is 0. The highest BCUT2D eigenvalue weighted by Gasteiger charge is 2.18. The third-order valence-corrected chi connectivity index (χ3v) is 3.02. The van der Waals surface area contributed by atoms with E-state index in [1.807, 2.05) is 0 Å². The van der Waals surface area contributed by atoms with Crippen LogP contribution in [0, 0.1) is 17.2 Å². The van der Waals surface area contributed by atoms with Gasteiger partial charge in [0.15, 0.2) is 0 Å². The molecule has 102 valence electrons. The predicted octanol–water partition coefficient (Wildman–Crippen LogP) is 4.19. The molecule has 0 amide bonds. The minimum atomic E-state index is -0.340. The fourth-order valence-corrected chi connectivity index (χ4v) is 2.57. The normalized spacial score (nSPS) is 15.4. The third-order valence-electron chi connectivity index (χ3n) is 3.02. The molecule has 0 bridgehead atoms. The molecular weight excluding hydrogens is 227 g/mol. The number of rotatable bonds is 5. The van der Waals surface area contributed by atoms with Gasteiger partial charge in [0.2, 0.25) is 0 Å². The van der Waals surface area contributed by atoms with Gasteiger partial charge in [-0.3, -0.25) is 0 Å². The van der Waals surface area contributed by atoms with E-state index in [2.05, 4.69) is 27.7 Å². The van der Waals surface area contributed by atoms with E-state index in [-0.39, 0.29) is 11.9 Å². The lowest BCUT2D eigenvalue weighted by Gasteiger charge is -2.24. The van der Waals surface area contributed by atoms with Gasteiger partial charge in [-0.15, -0.1) is 0 Å². The summed E-state index contributed by atoms with van der Waals surface area (Å²) in [6.07, 6.45) is 2.17. The van der Waals surface area contributed by atoms with E-state index in [1.165, 1.54) is 12.1 Å². The average Bonchev–Trinajstić information content (AvgIpc) is 2.18. The predicted molar refractivity (Wildman–Crippen MR) is 74.0 cm³/mol. The molecule has 2 atom stereocenters. The van der Waals surface area contributed by atoms with Gasteiger partial charge in [0, 0.05) is 0 Å². The Bertz CT molecular complexity index is 350. The molecular formula is C16H25FO. The van der Waals surface area contributed by atoms with Crippen molar-refractivity contribution in [1.29, 1.82) is 0 Å². The summed E-state index contributed by atoms with van der Waals surface area (Å²) < 4.78 is 12.8. The van der Waals surface area contributed by atoms with E-state index in [9.17, 15) is 9.50 Å². The first kappa shape index (κ1) is 15.2. The number of benzene rings is 1. The molecule has 0 heterocycles. The van der Waals surface area contributed by atoms with E-state index < -0.39 is 0 Å². The molecule has 0 radical (unpaired) electrons. The number of hydrogen-bond acceptors (Lipinski definition) is 1. The Balaban J connectivity index is 2.41. The Kier molecular flexibility index (Phi) is 5.33. The SMILES string of the molecule is CC(CC(O)Cc1ccc(F)cc1)CC(C)(C)C. The van der Waals surface area contributed by atoms with Crippen molar-refractivity contribution >= 4 is 0 Å². The standard InChI is InChI=1S/C16H25FO/c1-12(11-16(2,3)4)9-15(18)10-13-5-7-14(17)8-6-13/h5-8,12,15,18H,9-11H2,1-4H3. The number of aliphatic hydroxyl groups excluding tert-OH is 1. The number of hydrogen-bond donors (Lipinski definition) is 1. The smallest absolute Gasteiger partial charge is 0.123 e. The second-order valence-corrected chi connectivity index (χ2v) is 6.59. The van der Waals surface area contributed by atoms with Crippen molar-refractivity contribution in [3.05, 3.63) is 35.6 Å². The largest absolute Gasteiger partial charge is 0.393 e. The molecule has 0 spiro atoms. The molecule has 2 heteroatoms. The molecule has 18 heavy (non-hydrogen) atoms. The highest BCUT2D eigenvalue weighted by Crippen LogP contribution is 2.27. The summed E-state index contributed by atoms with van der Waals surface area (Å²) in [6.45, 7) is 8.83. The minimum absolute atomic E-state index is 0.227. The van der Waals surface area contributed by atoms with Crippen molar-refractivity contribution in [3.63, 3.8) is 0 Å². The maximum atomic E-state index is 12.8. The van der Waals surface area contributed by atoms with Crippen LogP contribution in [0.5, 0.6) is 0 Å². The van der Waals surface area contributed by atoms with Gasteiger partial charge in [0.25, 0.3) is 0 Å². The Labute approximate surface area is 110 Å². The van der Waals surface area contributed by atoms with Crippen molar-refractivity contribution in [2.24, 2.45) is 11.3 Å². The first-order chi connectivity index (χ1) is 8.26. The van der Waals surface area contributed by atoms with Gasteiger partial charge < -0.3 is 5.11 Å². The number of halogens is 1. The summed E-state index contributed by atoms with van der Waals surface area (Å²) >= 11 is 0. The monoisotopic (exact) mass is 252 g/mol. The molecule has 1 aromatic rings. The van der Waals surface area contributed by atoms with Gasteiger partial charge in [-0.1, -0.05) is 39.8 Å². The summed E-state index contributed by atoms with van der Waals surface area (Å²) in [5.41, 5.74) is 1.29. The third kappa shape index (κ3) is 6.15. The summed E-state index contributed by atoms with van der Waals surface area (Å²) in [5.74, 6) is 0.273. The van der Waals surface area contributed by atoms with Crippen LogP contribution >= 0.6 is 0 Å². The lowest BCUT2D eigenvalue weighted by molar-refractivity contribution is 0.133. The fourth-order valence-electron chi connectivity index (χ4n) is 2.57. The summed E-state index contributed by atoms with van der Waals surface area (Å²) in [4.78, 5) is 0. The van der Waals surface area contributed by atoms with E-state index in [0.717, 1.165) is 18.4 Å². The van der Waals surface area contributed by atoms with Crippen LogP contribution < -0.4 is 0 Å². The highest BCUT2D eigenvalue weighted by molar-refractivity contribution is 5.16. The quantitative estimate of drug-likeness (QED) is 0.833. The Morgan fingerprint density at radius 3 is 2.22 bits per heavy atom. The summed E-state index contributed by atoms with van der Waals surface area (Å²) in [5, 5.41) is 10.0. The molecule has 1 aromatic carbocycles. The minimum Gasteiger partial charge on any atom is -0.393 e. The molecule has 1 N–H and O–H groups in total. The van der Waals surface area contributed by atoms with Crippen LogP contribution in [0.4, 0.5) is 4.39 Å². The van der Waals surface area contributed by atoms with Gasteiger partial charge in [-0.25, -0.2) is 4.39 Å². The zero-order chi connectivity index (χ0) is 13.8. The van der Waals surface area contributed by atoms with Crippen molar-refractivity contribution in [1.82, 2.24) is 0 Å². The van der Waals surface area contributed by atoms with Crippen molar-refractivity contribution in [2.45, 2.75) is 53.1 Å². The van der Waals surface area contributed by atoms with Crippen molar-refractivity contribution < 1.29 is 9.50 Å². The van der Waals surface area contributed by atoms with E-state index in [4.69, 9.17) is 0 Å². The van der Waals surface area contributed by atoms with Gasteiger partial charge >= 0.3 is 0 Å². The Hall–Kier alpha value is -0.890. The van der Waals surface area contributed by atoms with E-state index >= 15 is 0 Å². The molecule has 1 nitrogen and oxygen atoms in total. The lowest BCUT2D eigenvalue weighted by atomic mass is 9.83. The highest BCUT2D eigenvalue weighted by atomic mass is 19.1. The Morgan fingerprint density at radius 2 is 1.72 bits per heavy atom. The molecule has 0 saturated heterocycles. The van der Waals surface area contributed by atoms with Crippen molar-refractivity contribution in [3.8, 4) is 0 Å². The van der Waals surface area contributed by atoms with Crippen LogP contribution in [0.1, 0.15) is 46.1 Å². The topological polar surface area (TPSA) is 20.2 Å². The average molecular weight is 252 g/mol. The summed E-state index contributed by atoms with van der Waals surface area (Å²) in [6, 6.07) is 6.38. The second kappa shape index (κ2) is 6.33. The van der Waals surface area contributed by atoms with Gasteiger partial charge in [0.05, 0.1) is 6.10 Å². The van der Waals surface area contributed by atoms with E-state index in [0.29, 0.717) is 17.8 Å². The maximum absolute atomic E-state index is 12.8. The zero-order valence-electron chi connectivity index (χ0n) is 11.9. The first-order valence-electron chi connectivity index (χ1n) is 6.69. The van der Waals surface area contributed by atoms with Crippen molar-refractivity contribution in [2.75, 3.05) is 0 Å². The van der Waals surface area contributed by atoms with Crippen LogP contribution in [0.2, 0.25) is 0 Å². The first-order valence-corrected chi connectivity index (χ1v) is 6.69. The zero-order valence-corrected chi connectivity index (χ0v) is 11.9. The van der Waals surface area contributed by atoms with Gasteiger partial charge in [-0.05, 0) is 48.3 Å². The molecule has 0 aliphatic rings. The van der Waals surface area contributed by atoms with E-state index in [1.54, 1.807) is 12.1 Å². The van der Waals surface area contributed by atoms with Crippen LogP contribution in [-0.4, -0.2) is 11.2 Å². The van der Waals surface area contributed by atoms with Gasteiger partial charge in [0.1, 0.15) is 5.82 Å². The van der Waals surface area contributed by atoms with Crippen LogP contribution in [0.15, 0.2) is 24.3 Å². The lowest BCUT2D eigenvalue weighted by Crippen LogP contribution is -2.18. The maximum Gasteiger partial charge on any atom is 0.123 e. The number of aliphatic hydroxyl groups is 1. The van der Waals surface area contributed by atoms with Crippen LogP contribution in [0.3, 0.4) is 0 Å². The van der Waals surface area contributed by atoms with Gasteiger partial charge in [-0.2, -0.15) is 0 Å². The van der Waals surface area contributed by atoms with Crippen LogP contribution in [0.25, 0.3) is 0 Å². The Morgan fingerprint density at radius 1 is 1.17 bits per heavy atom. The molecule has 0 aliphatic carbocycles. The molecule has 0 saturated carbocycles. The molecule has 2 unspecified atom stereocenters. The second-order valence-electron chi connectivity index (χ2n) is 6.59.